The molecule has 3 rings (SSSR count). The molecule has 1 saturated heterocycles. The van der Waals surface area contributed by atoms with E-state index in [0.717, 1.165) is 0 Å². The van der Waals surface area contributed by atoms with E-state index in [2.05, 4.69) is 16.0 Å². The van der Waals surface area contributed by atoms with Gasteiger partial charge in [0.05, 0.1) is 17.8 Å². The van der Waals surface area contributed by atoms with Crippen LogP contribution in [0, 0.1) is 5.92 Å². The summed E-state index contributed by atoms with van der Waals surface area (Å²) in [6, 6.07) is 8.99. The van der Waals surface area contributed by atoms with Crippen LogP contribution in [-0.4, -0.2) is 56.4 Å². The van der Waals surface area contributed by atoms with Crippen molar-refractivity contribution in [3.63, 3.8) is 0 Å². The number of hydrogen-bond acceptors (Lipinski definition) is 6. The summed E-state index contributed by atoms with van der Waals surface area (Å²) in [5, 5.41) is 14.1. The zero-order valence-corrected chi connectivity index (χ0v) is 17.8. The van der Waals surface area contributed by atoms with Gasteiger partial charge in [-0.25, -0.2) is 9.48 Å². The van der Waals surface area contributed by atoms with Crippen LogP contribution in [0.25, 0.3) is 5.69 Å². The summed E-state index contributed by atoms with van der Waals surface area (Å²) >= 11 is 0. The van der Waals surface area contributed by atoms with Crippen molar-refractivity contribution in [2.24, 2.45) is 5.92 Å². The third kappa shape index (κ3) is 5.74. The second-order valence-electron chi connectivity index (χ2n) is 8.35. The predicted molar refractivity (Wildman–Crippen MR) is 111 cm³/mol. The summed E-state index contributed by atoms with van der Waals surface area (Å²) in [5.74, 6) is -1.98. The van der Waals surface area contributed by atoms with Gasteiger partial charge in [0, 0.05) is 13.1 Å². The number of rotatable bonds is 3. The maximum absolute atomic E-state index is 12.5. The fraction of sp³-hybridized carbons (Fsp3) is 0.429. The normalized spacial score (nSPS) is 16.5. The van der Waals surface area contributed by atoms with Gasteiger partial charge in [0.2, 0.25) is 5.91 Å². The average Bonchev–Trinajstić information content (AvgIpc) is 3.13. The number of carbonyl (C=O) groups is 3. The van der Waals surface area contributed by atoms with Crippen LogP contribution in [0.5, 0.6) is 5.75 Å². The molecule has 10 nitrogen and oxygen atoms in total. The monoisotopic (exact) mass is 429 g/mol. The molecule has 1 unspecified atom stereocenters. The van der Waals surface area contributed by atoms with Gasteiger partial charge in [0.1, 0.15) is 5.60 Å². The lowest BCUT2D eigenvalue weighted by molar-refractivity contribution is -0.127. The number of hydrazine groups is 1. The van der Waals surface area contributed by atoms with E-state index < -0.39 is 29.4 Å². The minimum atomic E-state index is -0.750. The summed E-state index contributed by atoms with van der Waals surface area (Å²) in [4.78, 5) is 38.6. The van der Waals surface area contributed by atoms with Gasteiger partial charge in [-0.1, -0.05) is 18.2 Å². The van der Waals surface area contributed by atoms with Crippen LogP contribution in [0.3, 0.4) is 0 Å². The van der Waals surface area contributed by atoms with Crippen molar-refractivity contribution in [2.45, 2.75) is 39.2 Å². The van der Waals surface area contributed by atoms with E-state index in [-0.39, 0.29) is 18.0 Å². The van der Waals surface area contributed by atoms with Crippen LogP contribution in [-0.2, 0) is 9.53 Å². The predicted octanol–water partition coefficient (Wildman–Crippen LogP) is 1.99. The molecule has 1 aliphatic rings. The number of carbonyl (C=O) groups excluding carboxylic acids is 3. The highest BCUT2D eigenvalue weighted by molar-refractivity contribution is 5.96. The molecule has 1 fully saturated rings. The van der Waals surface area contributed by atoms with Crippen molar-refractivity contribution in [1.29, 1.82) is 0 Å². The Kier molecular flexibility index (Phi) is 6.47. The molecule has 2 heterocycles. The largest absolute Gasteiger partial charge is 0.504 e. The molecule has 2 aromatic rings. The van der Waals surface area contributed by atoms with Crippen LogP contribution in [0.1, 0.15) is 44.1 Å². The Hall–Kier alpha value is -3.56. The molecule has 10 heteroatoms. The highest BCUT2D eigenvalue weighted by Crippen LogP contribution is 2.20. The second kappa shape index (κ2) is 9.07. The van der Waals surface area contributed by atoms with Crippen LogP contribution < -0.4 is 10.9 Å². The van der Waals surface area contributed by atoms with Crippen LogP contribution in [0.4, 0.5) is 4.79 Å². The maximum atomic E-state index is 12.5. The molecule has 3 N–H and O–H groups in total. The number of hydrogen-bond donors (Lipinski definition) is 3. The molecular formula is C21H27N5O5. The van der Waals surface area contributed by atoms with Crippen molar-refractivity contribution in [3.8, 4) is 11.4 Å². The van der Waals surface area contributed by atoms with E-state index in [1.807, 2.05) is 6.07 Å². The van der Waals surface area contributed by atoms with Crippen molar-refractivity contribution < 1.29 is 24.2 Å². The summed E-state index contributed by atoms with van der Waals surface area (Å²) in [5.41, 5.74) is 4.46. The second-order valence-corrected chi connectivity index (χ2v) is 8.35. The van der Waals surface area contributed by atoms with Crippen molar-refractivity contribution in [3.05, 3.63) is 42.2 Å². The fourth-order valence-electron chi connectivity index (χ4n) is 3.20. The Balaban J connectivity index is 1.56. The number of para-hydroxylation sites is 1. The first-order valence-electron chi connectivity index (χ1n) is 10.1. The lowest BCUT2D eigenvalue weighted by Crippen LogP contribution is -2.50. The molecule has 0 radical (unpaired) electrons. The summed E-state index contributed by atoms with van der Waals surface area (Å²) in [6.07, 6.45) is 2.07. The average molecular weight is 429 g/mol. The maximum Gasteiger partial charge on any atom is 0.410 e. The summed E-state index contributed by atoms with van der Waals surface area (Å²) < 4.78 is 6.73. The Morgan fingerprint density at radius 1 is 1.16 bits per heavy atom. The number of aromatic hydroxyl groups is 1. The first kappa shape index (κ1) is 22.1. The van der Waals surface area contributed by atoms with Gasteiger partial charge in [-0.15, -0.1) is 0 Å². The number of aromatic nitrogens is 2. The Bertz CT molecular complexity index is 951. The minimum absolute atomic E-state index is 0.199. The molecule has 1 aliphatic heterocycles. The molecule has 31 heavy (non-hydrogen) atoms. The van der Waals surface area contributed by atoms with E-state index in [9.17, 15) is 19.5 Å². The lowest BCUT2D eigenvalue weighted by atomic mass is 9.98. The van der Waals surface area contributed by atoms with Gasteiger partial charge in [0.25, 0.3) is 5.91 Å². The van der Waals surface area contributed by atoms with E-state index in [0.29, 0.717) is 25.1 Å². The minimum Gasteiger partial charge on any atom is -0.504 e. The van der Waals surface area contributed by atoms with Gasteiger partial charge in [-0.05, 0) is 45.7 Å². The molecule has 1 aromatic heterocycles. The van der Waals surface area contributed by atoms with E-state index in [4.69, 9.17) is 4.74 Å². The smallest absolute Gasteiger partial charge is 0.410 e. The van der Waals surface area contributed by atoms with Crippen molar-refractivity contribution in [2.75, 3.05) is 13.1 Å². The van der Waals surface area contributed by atoms with Gasteiger partial charge in [-0.3, -0.25) is 20.4 Å². The topological polar surface area (TPSA) is 126 Å². The first-order valence-corrected chi connectivity index (χ1v) is 10.1. The van der Waals surface area contributed by atoms with Gasteiger partial charge in [-0.2, -0.15) is 5.10 Å². The molecule has 166 valence electrons. The number of ether oxygens (including phenoxy) is 1. The molecule has 1 atom stereocenters. The fourth-order valence-corrected chi connectivity index (χ4v) is 3.20. The quantitative estimate of drug-likeness (QED) is 0.641. The van der Waals surface area contributed by atoms with Crippen molar-refractivity contribution >= 4 is 17.9 Å². The molecule has 0 bridgehead atoms. The number of amides is 3. The Morgan fingerprint density at radius 3 is 2.55 bits per heavy atom. The Labute approximate surface area is 180 Å². The first-order chi connectivity index (χ1) is 14.6. The lowest BCUT2D eigenvalue weighted by Gasteiger charge is -2.33. The molecule has 3 amide bonds. The zero-order valence-electron chi connectivity index (χ0n) is 17.8. The van der Waals surface area contributed by atoms with Crippen LogP contribution in [0.15, 0.2) is 36.5 Å². The standard InChI is InChI=1S/C21H27N5O5/c1-21(2,3)31-20(30)25-11-7-8-14(12-25)18(28)22-23-19(29)17-16(27)13-26(24-17)15-9-5-4-6-10-15/h4-6,9-10,13-14,27H,7-8,11-12H2,1-3H3,(H,22,28)(H,23,29). The third-order valence-electron chi connectivity index (χ3n) is 4.67. The van der Waals surface area contributed by atoms with Crippen LogP contribution in [0.2, 0.25) is 0 Å². The van der Waals surface area contributed by atoms with E-state index >= 15 is 0 Å². The highest BCUT2D eigenvalue weighted by atomic mass is 16.6. The SMILES string of the molecule is CC(C)(C)OC(=O)N1CCCC(C(=O)NNC(=O)c2nn(-c3ccccc3)cc2O)C1. The van der Waals surface area contributed by atoms with Gasteiger partial charge < -0.3 is 14.7 Å². The van der Waals surface area contributed by atoms with Crippen LogP contribution >= 0.6 is 0 Å². The molecule has 1 aromatic carbocycles. The highest BCUT2D eigenvalue weighted by Gasteiger charge is 2.31. The third-order valence-corrected chi connectivity index (χ3v) is 4.67. The Morgan fingerprint density at radius 2 is 1.87 bits per heavy atom. The summed E-state index contributed by atoms with van der Waals surface area (Å²) in [6.45, 7) is 6.05. The number of piperidine rings is 1. The van der Waals surface area contributed by atoms with E-state index in [1.165, 1.54) is 15.8 Å². The molecular weight excluding hydrogens is 402 g/mol. The molecule has 0 aliphatic carbocycles. The number of likely N-dealkylation sites (tertiary alicyclic amines) is 1. The summed E-state index contributed by atoms with van der Waals surface area (Å²) in [7, 11) is 0. The van der Waals surface area contributed by atoms with Crippen molar-refractivity contribution in [1.82, 2.24) is 25.5 Å². The number of nitrogens with one attached hydrogen (secondary N) is 2. The number of nitrogens with zero attached hydrogens (tertiary/aromatic N) is 3. The molecule has 0 saturated carbocycles. The molecule has 0 spiro atoms. The number of benzene rings is 1. The van der Waals surface area contributed by atoms with E-state index in [1.54, 1.807) is 45.0 Å². The van der Waals surface area contributed by atoms with Gasteiger partial charge in [0.15, 0.2) is 11.4 Å². The zero-order chi connectivity index (χ0) is 22.6. The van der Waals surface area contributed by atoms with Gasteiger partial charge >= 0.3 is 6.09 Å².